The fourth-order valence-electron chi connectivity index (χ4n) is 7.02. The molecular formula is C40H75N. The summed E-state index contributed by atoms with van der Waals surface area (Å²) in [6, 6.07) is 11.2. The summed E-state index contributed by atoms with van der Waals surface area (Å²) in [5, 5.41) is 0. The smallest absolute Gasteiger partial charge is 0.0158 e. The second-order valence-electron chi connectivity index (χ2n) is 14.6. The van der Waals surface area contributed by atoms with E-state index in [2.05, 4.69) is 76.8 Å². The lowest BCUT2D eigenvalue weighted by molar-refractivity contribution is 0.00402. The Morgan fingerprint density at radius 1 is 0.439 bits per heavy atom. The van der Waals surface area contributed by atoms with E-state index in [9.17, 15) is 0 Å². The Balaban J connectivity index is 2.44. The molecule has 0 aliphatic heterocycles. The summed E-state index contributed by atoms with van der Waals surface area (Å²) in [6.45, 7) is 15.9. The van der Waals surface area contributed by atoms with Gasteiger partial charge in [-0.25, -0.2) is 0 Å². The summed E-state index contributed by atoms with van der Waals surface area (Å²) in [4.78, 5) is 2.90. The van der Waals surface area contributed by atoms with Gasteiger partial charge in [0.2, 0.25) is 0 Å². The normalized spacial score (nSPS) is 12.5. The van der Waals surface area contributed by atoms with Crippen molar-refractivity contribution in [1.29, 1.82) is 0 Å². The average Bonchev–Trinajstić information content (AvgIpc) is 2.95. The van der Waals surface area contributed by atoms with E-state index in [-0.39, 0.29) is 11.1 Å². The first-order chi connectivity index (χ1) is 19.8. The highest BCUT2D eigenvalue weighted by Crippen LogP contribution is 2.33. The summed E-state index contributed by atoms with van der Waals surface area (Å²) in [6.07, 6.45) is 35.2. The van der Waals surface area contributed by atoms with Crippen molar-refractivity contribution in [3.8, 4) is 0 Å². The first-order valence-electron chi connectivity index (χ1n) is 18.6. The molecule has 0 aromatic heterocycles. The van der Waals surface area contributed by atoms with Crippen LogP contribution in [0.2, 0.25) is 0 Å². The molecule has 1 aromatic rings. The Kier molecular flexibility index (Phi) is 22.9. The third-order valence-corrected chi connectivity index (χ3v) is 9.71. The fourth-order valence-corrected chi connectivity index (χ4v) is 7.02. The zero-order valence-electron chi connectivity index (χ0n) is 29.2. The van der Waals surface area contributed by atoms with Crippen molar-refractivity contribution in [2.24, 2.45) is 0 Å². The molecule has 240 valence electrons. The average molecular weight is 570 g/mol. The summed E-state index contributed by atoms with van der Waals surface area (Å²) >= 11 is 0. The molecule has 1 nitrogen and oxygen atoms in total. The van der Waals surface area contributed by atoms with Crippen LogP contribution in [-0.4, -0.2) is 22.5 Å². The molecule has 0 atom stereocenters. The zero-order valence-corrected chi connectivity index (χ0v) is 29.2. The van der Waals surface area contributed by atoms with Crippen molar-refractivity contribution in [2.75, 3.05) is 6.54 Å². The molecule has 0 heterocycles. The summed E-state index contributed by atoms with van der Waals surface area (Å²) in [5.74, 6) is 0. The monoisotopic (exact) mass is 570 g/mol. The van der Waals surface area contributed by atoms with Gasteiger partial charge in [0, 0.05) is 17.6 Å². The van der Waals surface area contributed by atoms with Crippen LogP contribution in [0, 0.1) is 0 Å². The molecule has 0 saturated carbocycles. The van der Waals surface area contributed by atoms with Crippen molar-refractivity contribution in [1.82, 2.24) is 4.90 Å². The largest absolute Gasteiger partial charge is 0.293 e. The Hall–Kier alpha value is -0.820. The van der Waals surface area contributed by atoms with E-state index in [1.165, 1.54) is 166 Å². The van der Waals surface area contributed by atoms with Crippen LogP contribution in [0.25, 0.3) is 0 Å². The topological polar surface area (TPSA) is 3.24 Å². The van der Waals surface area contributed by atoms with Gasteiger partial charge in [-0.15, -0.1) is 0 Å². The lowest BCUT2D eigenvalue weighted by Gasteiger charge is -2.49. The first kappa shape index (κ1) is 38.2. The second kappa shape index (κ2) is 24.6. The molecule has 0 spiro atoms. The van der Waals surface area contributed by atoms with Crippen LogP contribution in [0.1, 0.15) is 201 Å². The van der Waals surface area contributed by atoms with E-state index in [4.69, 9.17) is 0 Å². The number of unbranched alkanes of at least 4 members (excludes halogenated alkanes) is 20. The Labute approximate surface area is 260 Å². The van der Waals surface area contributed by atoms with Gasteiger partial charge in [-0.2, -0.15) is 0 Å². The SMILES string of the molecule is CCCCCCCCCCCCCC(C)(C)N(CCc1ccccc1)C(C)(C)CCCCCCCCCCCCC. The van der Waals surface area contributed by atoms with E-state index >= 15 is 0 Å². The van der Waals surface area contributed by atoms with Crippen LogP contribution in [0.15, 0.2) is 30.3 Å². The number of nitrogens with zero attached hydrogens (tertiary/aromatic N) is 1. The highest BCUT2D eigenvalue weighted by Gasteiger charge is 2.36. The highest BCUT2D eigenvalue weighted by atomic mass is 15.2. The number of hydrogen-bond acceptors (Lipinski definition) is 1. The third kappa shape index (κ3) is 19.9. The molecule has 0 amide bonds. The van der Waals surface area contributed by atoms with Gasteiger partial charge < -0.3 is 0 Å². The van der Waals surface area contributed by atoms with Gasteiger partial charge in [0.15, 0.2) is 0 Å². The third-order valence-electron chi connectivity index (χ3n) is 9.71. The molecule has 1 rings (SSSR count). The van der Waals surface area contributed by atoms with Crippen molar-refractivity contribution < 1.29 is 0 Å². The van der Waals surface area contributed by atoms with Crippen LogP contribution in [0.5, 0.6) is 0 Å². The minimum Gasteiger partial charge on any atom is -0.293 e. The quantitative estimate of drug-likeness (QED) is 0.0867. The van der Waals surface area contributed by atoms with E-state index < -0.39 is 0 Å². The number of rotatable bonds is 29. The molecule has 1 aromatic carbocycles. The lowest BCUT2D eigenvalue weighted by Crippen LogP contribution is -2.56. The minimum absolute atomic E-state index is 0.245. The fraction of sp³-hybridized carbons (Fsp3) is 0.850. The summed E-state index contributed by atoms with van der Waals surface area (Å²) in [7, 11) is 0. The van der Waals surface area contributed by atoms with Gasteiger partial charge in [0.25, 0.3) is 0 Å². The predicted octanol–water partition coefficient (Wildman–Crippen LogP) is 13.5. The predicted molar refractivity (Wildman–Crippen MR) is 187 cm³/mol. The van der Waals surface area contributed by atoms with Crippen molar-refractivity contribution in [2.45, 2.75) is 213 Å². The van der Waals surface area contributed by atoms with Crippen molar-refractivity contribution >= 4 is 0 Å². The van der Waals surface area contributed by atoms with Crippen LogP contribution < -0.4 is 0 Å². The van der Waals surface area contributed by atoms with Crippen LogP contribution >= 0.6 is 0 Å². The molecule has 0 aliphatic rings. The minimum atomic E-state index is 0.245. The number of benzene rings is 1. The molecule has 0 aliphatic carbocycles. The van der Waals surface area contributed by atoms with Gasteiger partial charge in [0.1, 0.15) is 0 Å². The van der Waals surface area contributed by atoms with Gasteiger partial charge in [-0.3, -0.25) is 4.90 Å². The lowest BCUT2D eigenvalue weighted by atomic mass is 9.85. The van der Waals surface area contributed by atoms with Gasteiger partial charge in [0.05, 0.1) is 0 Å². The van der Waals surface area contributed by atoms with E-state index in [1.807, 2.05) is 0 Å². The standard InChI is InChI=1S/C40H75N/c1-7-9-11-13-15-17-19-21-23-25-30-35-39(3,4)41(37-34-38-32-28-27-29-33-38)40(5,6)36-31-26-24-22-20-18-16-14-12-10-8-2/h27-29,32-33H,7-26,30-31,34-37H2,1-6H3. The molecule has 0 fully saturated rings. The molecule has 0 bridgehead atoms. The highest BCUT2D eigenvalue weighted by molar-refractivity contribution is 5.15. The van der Waals surface area contributed by atoms with Crippen LogP contribution in [0.4, 0.5) is 0 Å². The molecule has 0 N–H and O–H groups in total. The van der Waals surface area contributed by atoms with Gasteiger partial charge in [-0.05, 0) is 52.5 Å². The van der Waals surface area contributed by atoms with Crippen LogP contribution in [-0.2, 0) is 6.42 Å². The van der Waals surface area contributed by atoms with Crippen LogP contribution in [0.3, 0.4) is 0 Å². The Morgan fingerprint density at radius 3 is 1.10 bits per heavy atom. The van der Waals surface area contributed by atoms with Gasteiger partial charge >= 0.3 is 0 Å². The molecule has 1 heteroatoms. The Bertz CT molecular complexity index is 637. The van der Waals surface area contributed by atoms with Gasteiger partial charge in [-0.1, -0.05) is 185 Å². The molecule has 0 saturated heterocycles. The van der Waals surface area contributed by atoms with Crippen molar-refractivity contribution in [3.05, 3.63) is 35.9 Å². The maximum atomic E-state index is 2.90. The second-order valence-corrected chi connectivity index (χ2v) is 14.6. The van der Waals surface area contributed by atoms with E-state index in [0.717, 1.165) is 6.42 Å². The van der Waals surface area contributed by atoms with E-state index in [1.54, 1.807) is 0 Å². The molecule has 0 radical (unpaired) electrons. The summed E-state index contributed by atoms with van der Waals surface area (Å²) in [5.41, 5.74) is 1.97. The molecular weight excluding hydrogens is 494 g/mol. The molecule has 0 unspecified atom stereocenters. The first-order valence-corrected chi connectivity index (χ1v) is 18.6. The maximum Gasteiger partial charge on any atom is 0.0158 e. The zero-order chi connectivity index (χ0) is 30.1. The summed E-state index contributed by atoms with van der Waals surface area (Å²) < 4.78 is 0. The van der Waals surface area contributed by atoms with E-state index in [0.29, 0.717) is 0 Å². The Morgan fingerprint density at radius 2 is 0.756 bits per heavy atom. The maximum absolute atomic E-state index is 2.90. The molecule has 41 heavy (non-hydrogen) atoms. The number of hydrogen-bond donors (Lipinski definition) is 0. The van der Waals surface area contributed by atoms with Crippen molar-refractivity contribution in [3.63, 3.8) is 0 Å².